The second-order valence-corrected chi connectivity index (χ2v) is 6.26. The van der Waals surface area contributed by atoms with Crippen molar-refractivity contribution in [1.82, 2.24) is 10.2 Å². The molecular weight excluding hydrogens is 364 g/mol. The number of para-hydroxylation sites is 1. The van der Waals surface area contributed by atoms with Gasteiger partial charge in [-0.3, -0.25) is 4.79 Å². The highest BCUT2D eigenvalue weighted by molar-refractivity contribution is 6.02. The molecular formula is C22H22N6O. The van der Waals surface area contributed by atoms with Crippen LogP contribution in [0.15, 0.2) is 60.7 Å². The summed E-state index contributed by atoms with van der Waals surface area (Å²) < 4.78 is 0. The predicted octanol–water partition coefficient (Wildman–Crippen LogP) is 4.19. The number of anilines is 4. The molecule has 1 aromatic heterocycles. The fraction of sp³-hybridized carbons (Fsp3) is 0.182. The van der Waals surface area contributed by atoms with Gasteiger partial charge in [0.05, 0.1) is 11.3 Å². The molecule has 7 nitrogen and oxygen atoms in total. The van der Waals surface area contributed by atoms with Crippen LogP contribution in [0.25, 0.3) is 0 Å². The smallest absolute Gasteiger partial charge is 0.276 e. The van der Waals surface area contributed by atoms with E-state index in [0.717, 1.165) is 18.8 Å². The van der Waals surface area contributed by atoms with E-state index in [2.05, 4.69) is 45.6 Å². The third kappa shape index (κ3) is 4.87. The number of carbonyl (C=O) groups is 1. The Morgan fingerprint density at radius 2 is 1.72 bits per heavy atom. The number of hydrogen-bond donors (Lipinski definition) is 2. The van der Waals surface area contributed by atoms with E-state index in [0.29, 0.717) is 22.8 Å². The summed E-state index contributed by atoms with van der Waals surface area (Å²) in [6, 6.07) is 20.2. The number of carbonyl (C=O) groups excluding carboxylic acids is 1. The van der Waals surface area contributed by atoms with Crippen molar-refractivity contribution < 1.29 is 4.79 Å². The summed E-state index contributed by atoms with van der Waals surface area (Å²) in [7, 11) is 0. The van der Waals surface area contributed by atoms with E-state index < -0.39 is 0 Å². The van der Waals surface area contributed by atoms with E-state index in [1.165, 1.54) is 0 Å². The van der Waals surface area contributed by atoms with Gasteiger partial charge in [0.1, 0.15) is 6.07 Å². The largest absolute Gasteiger partial charge is 0.372 e. The molecule has 2 N–H and O–H groups in total. The van der Waals surface area contributed by atoms with Gasteiger partial charge in [-0.1, -0.05) is 12.1 Å². The van der Waals surface area contributed by atoms with Crippen LogP contribution in [0.3, 0.4) is 0 Å². The summed E-state index contributed by atoms with van der Waals surface area (Å²) in [5.74, 6) is 0.116. The zero-order valence-electron chi connectivity index (χ0n) is 16.4. The lowest BCUT2D eigenvalue weighted by Gasteiger charge is -2.21. The summed E-state index contributed by atoms with van der Waals surface area (Å²) >= 11 is 0. The van der Waals surface area contributed by atoms with E-state index in [4.69, 9.17) is 5.26 Å². The summed E-state index contributed by atoms with van der Waals surface area (Å²) in [4.78, 5) is 14.7. The Labute approximate surface area is 170 Å². The number of nitriles is 1. The first kappa shape index (κ1) is 19.8. The highest BCUT2D eigenvalue weighted by Crippen LogP contribution is 2.20. The van der Waals surface area contributed by atoms with E-state index in [1.807, 2.05) is 30.3 Å². The molecule has 7 heteroatoms. The molecule has 0 spiro atoms. The van der Waals surface area contributed by atoms with Gasteiger partial charge in [0.15, 0.2) is 11.5 Å². The normalized spacial score (nSPS) is 10.1. The van der Waals surface area contributed by atoms with E-state index in [-0.39, 0.29) is 11.6 Å². The lowest BCUT2D eigenvalue weighted by molar-refractivity contribution is 0.102. The minimum atomic E-state index is -0.336. The molecule has 0 saturated heterocycles. The molecule has 0 radical (unpaired) electrons. The summed E-state index contributed by atoms with van der Waals surface area (Å²) in [5, 5.41) is 23.0. The number of hydrogen-bond acceptors (Lipinski definition) is 6. The maximum absolute atomic E-state index is 12.4. The maximum Gasteiger partial charge on any atom is 0.276 e. The second-order valence-electron chi connectivity index (χ2n) is 6.26. The molecule has 3 aromatic rings. The Morgan fingerprint density at radius 1 is 1.00 bits per heavy atom. The van der Waals surface area contributed by atoms with Crippen LogP contribution >= 0.6 is 0 Å². The molecule has 0 bridgehead atoms. The summed E-state index contributed by atoms with van der Waals surface area (Å²) in [6.07, 6.45) is 0. The molecule has 1 amide bonds. The standard InChI is InChI=1S/C22H22N6O/c1-3-28(4-2)18-11-9-17(10-12-18)24-22(29)20-13-14-21(27-26-20)25-19-8-6-5-7-16(19)15-23/h5-14H,3-4H2,1-2H3,(H,24,29)(H,25,27). The molecule has 1 heterocycles. The van der Waals surface area contributed by atoms with Crippen LogP contribution in [0.4, 0.5) is 22.9 Å². The first-order valence-electron chi connectivity index (χ1n) is 9.40. The van der Waals surface area contributed by atoms with Crippen molar-refractivity contribution in [3.05, 3.63) is 71.9 Å². The Bertz CT molecular complexity index is 1000. The van der Waals surface area contributed by atoms with Crippen molar-refractivity contribution in [2.24, 2.45) is 0 Å². The lowest BCUT2D eigenvalue weighted by Crippen LogP contribution is -2.21. The molecule has 0 saturated carbocycles. The van der Waals surface area contributed by atoms with Gasteiger partial charge in [-0.15, -0.1) is 10.2 Å². The van der Waals surface area contributed by atoms with Crippen LogP contribution in [0.5, 0.6) is 0 Å². The van der Waals surface area contributed by atoms with E-state index in [1.54, 1.807) is 30.3 Å². The summed E-state index contributed by atoms with van der Waals surface area (Å²) in [5.41, 5.74) is 3.15. The monoisotopic (exact) mass is 386 g/mol. The highest BCUT2D eigenvalue weighted by atomic mass is 16.1. The molecule has 0 fully saturated rings. The zero-order chi connectivity index (χ0) is 20.6. The van der Waals surface area contributed by atoms with Gasteiger partial charge < -0.3 is 15.5 Å². The first-order valence-corrected chi connectivity index (χ1v) is 9.40. The first-order chi connectivity index (χ1) is 14.1. The molecule has 0 aliphatic rings. The quantitative estimate of drug-likeness (QED) is 0.632. The molecule has 0 aliphatic carbocycles. The van der Waals surface area contributed by atoms with Gasteiger partial charge in [-0.05, 0) is 62.4 Å². The number of nitrogens with one attached hydrogen (secondary N) is 2. The fourth-order valence-corrected chi connectivity index (χ4v) is 2.89. The van der Waals surface area contributed by atoms with Crippen molar-refractivity contribution in [3.8, 4) is 6.07 Å². The predicted molar refractivity (Wildman–Crippen MR) is 114 cm³/mol. The van der Waals surface area contributed by atoms with Crippen LogP contribution in [0, 0.1) is 11.3 Å². The third-order valence-electron chi connectivity index (χ3n) is 4.46. The SMILES string of the molecule is CCN(CC)c1ccc(NC(=O)c2ccc(Nc3ccccc3C#N)nn2)cc1. The van der Waals surface area contributed by atoms with Crippen LogP contribution in [-0.4, -0.2) is 29.2 Å². The minimum Gasteiger partial charge on any atom is -0.372 e. The van der Waals surface area contributed by atoms with Gasteiger partial charge in [0.2, 0.25) is 0 Å². The maximum atomic E-state index is 12.4. The second kappa shape index (κ2) is 9.33. The topological polar surface area (TPSA) is 93.9 Å². The average Bonchev–Trinajstić information content (AvgIpc) is 2.76. The Balaban J connectivity index is 1.65. The van der Waals surface area contributed by atoms with Crippen LogP contribution in [0.2, 0.25) is 0 Å². The van der Waals surface area contributed by atoms with Crippen molar-refractivity contribution in [1.29, 1.82) is 5.26 Å². The van der Waals surface area contributed by atoms with Crippen LogP contribution in [0.1, 0.15) is 29.9 Å². The molecule has 0 unspecified atom stereocenters. The Morgan fingerprint density at radius 3 is 2.34 bits per heavy atom. The molecule has 146 valence electrons. The summed E-state index contributed by atoms with van der Waals surface area (Å²) in [6.45, 7) is 6.07. The van der Waals surface area contributed by atoms with Gasteiger partial charge >= 0.3 is 0 Å². The van der Waals surface area contributed by atoms with Gasteiger partial charge in [-0.25, -0.2) is 0 Å². The van der Waals surface area contributed by atoms with Gasteiger partial charge in [-0.2, -0.15) is 5.26 Å². The molecule has 2 aromatic carbocycles. The van der Waals surface area contributed by atoms with Gasteiger partial charge in [0, 0.05) is 24.5 Å². The lowest BCUT2D eigenvalue weighted by atomic mass is 10.2. The van der Waals surface area contributed by atoms with Crippen LogP contribution in [-0.2, 0) is 0 Å². The number of benzene rings is 2. The highest BCUT2D eigenvalue weighted by Gasteiger charge is 2.10. The van der Waals surface area contributed by atoms with E-state index >= 15 is 0 Å². The van der Waals surface area contributed by atoms with Crippen molar-refractivity contribution >= 4 is 28.8 Å². The van der Waals surface area contributed by atoms with Crippen LogP contribution < -0.4 is 15.5 Å². The molecule has 29 heavy (non-hydrogen) atoms. The Hall–Kier alpha value is -3.92. The fourth-order valence-electron chi connectivity index (χ4n) is 2.89. The molecule has 0 aliphatic heterocycles. The third-order valence-corrected chi connectivity index (χ3v) is 4.46. The molecule has 0 atom stereocenters. The van der Waals surface area contributed by atoms with Crippen molar-refractivity contribution in [2.45, 2.75) is 13.8 Å². The van der Waals surface area contributed by atoms with Crippen molar-refractivity contribution in [3.63, 3.8) is 0 Å². The minimum absolute atomic E-state index is 0.205. The number of aromatic nitrogens is 2. The average molecular weight is 386 g/mol. The number of nitrogens with zero attached hydrogens (tertiary/aromatic N) is 4. The zero-order valence-corrected chi connectivity index (χ0v) is 16.4. The van der Waals surface area contributed by atoms with E-state index in [9.17, 15) is 4.79 Å². The number of amides is 1. The van der Waals surface area contributed by atoms with Crippen molar-refractivity contribution in [2.75, 3.05) is 28.6 Å². The Kier molecular flexibility index (Phi) is 6.38. The number of rotatable bonds is 7. The molecule has 3 rings (SSSR count). The van der Waals surface area contributed by atoms with Gasteiger partial charge in [0.25, 0.3) is 5.91 Å².